The Bertz CT molecular complexity index is 6490. The van der Waals surface area contributed by atoms with E-state index in [4.69, 9.17) is 37.9 Å². The average molecular weight is 1820 g/mol. The molecule has 0 spiro atoms. The maximum atomic E-state index is 14.0. The number of anilines is 8. The van der Waals surface area contributed by atoms with Crippen molar-refractivity contribution in [3.8, 4) is 45.0 Å². The summed E-state index contributed by atoms with van der Waals surface area (Å²) in [6, 6.07) is 88.3. The summed E-state index contributed by atoms with van der Waals surface area (Å²) in [6.45, 7) is 0. The Morgan fingerprint density at radius 3 is 0.874 bits per heavy atom. The molecule has 0 unspecified atom stereocenters. The quantitative estimate of drug-likeness (QED) is 0.00970. The number of hydrogen-bond donors (Lipinski definition) is 8. The lowest BCUT2D eigenvalue weighted by Gasteiger charge is -2.13. The van der Waals surface area contributed by atoms with Crippen molar-refractivity contribution in [3.63, 3.8) is 0 Å². The summed E-state index contributed by atoms with van der Waals surface area (Å²) in [6.07, 6.45) is 7.19. The van der Waals surface area contributed by atoms with E-state index in [-0.39, 0.29) is 36.9 Å². The fraction of sp³-hybridized carbons (Fsp3) is 0.0707. The minimum Gasteiger partial charge on any atom is -0.399 e. The largest absolute Gasteiger partial charge is 0.399 e. The van der Waals surface area contributed by atoms with Crippen LogP contribution in [0.4, 0.5) is 76.8 Å². The second-order valence-electron chi connectivity index (χ2n) is 28.8. The van der Waals surface area contributed by atoms with Crippen LogP contribution in [0.25, 0.3) is 45.0 Å². The Kier molecular flexibility index (Phi) is 30.1. The molecule has 0 saturated heterocycles. The molecule has 0 saturated carbocycles. The highest BCUT2D eigenvalue weighted by molar-refractivity contribution is 14.1. The average Bonchev–Trinajstić information content (AvgIpc) is 0.805. The van der Waals surface area contributed by atoms with Gasteiger partial charge in [0.15, 0.2) is 58.2 Å². The second-order valence-corrected chi connectivity index (χ2v) is 30.0. The highest BCUT2D eigenvalue weighted by atomic mass is 127. The topological polar surface area (TPSA) is 324 Å². The maximum absolute atomic E-state index is 14.0. The number of halogens is 8. The van der Waals surface area contributed by atoms with Crippen LogP contribution < -0.4 is 44.2 Å². The van der Waals surface area contributed by atoms with Gasteiger partial charge in [-0.1, -0.05) is 206 Å². The third-order valence-electron chi connectivity index (χ3n) is 19.4. The summed E-state index contributed by atoms with van der Waals surface area (Å²) < 4.78 is 96.0. The number of nitrogens with two attached hydrogens (primary N) is 4. The molecular formula is C99H78F7IN16O4. The van der Waals surface area contributed by atoms with Gasteiger partial charge < -0.3 is 44.2 Å². The van der Waals surface area contributed by atoms with E-state index in [0.717, 1.165) is 77.3 Å². The van der Waals surface area contributed by atoms with Crippen LogP contribution in [0, 0.1) is 44.3 Å². The van der Waals surface area contributed by atoms with E-state index >= 15 is 0 Å². The molecule has 20 nitrogen and oxygen atoms in total. The van der Waals surface area contributed by atoms with Crippen molar-refractivity contribution >= 4 is 92.2 Å². The molecule has 0 radical (unpaired) electrons. The third-order valence-corrected chi connectivity index (χ3v) is 20.1. The molecule has 127 heavy (non-hydrogen) atoms. The zero-order valence-corrected chi connectivity index (χ0v) is 69.7. The number of carbonyl (C=O) groups excluding carboxylic acids is 4. The molecule has 12 N–H and O–H groups in total. The summed E-state index contributed by atoms with van der Waals surface area (Å²) >= 11 is 2.25. The monoisotopic (exact) mass is 1810 g/mol. The van der Waals surface area contributed by atoms with Crippen LogP contribution in [0.1, 0.15) is 72.1 Å². The zero-order valence-electron chi connectivity index (χ0n) is 67.5. The summed E-state index contributed by atoms with van der Waals surface area (Å²) in [5, 5.41) is 11.0. The van der Waals surface area contributed by atoms with Gasteiger partial charge in [-0.25, -0.2) is 70.6 Å². The Labute approximate surface area is 739 Å². The number of rotatable bonds is 23. The number of nitrogen functional groups attached to an aromatic ring is 4. The summed E-state index contributed by atoms with van der Waals surface area (Å²) in [5.41, 5.74) is 38.7. The van der Waals surface area contributed by atoms with Crippen LogP contribution in [0.2, 0.25) is 0 Å². The Hall–Kier alpha value is -15.7. The van der Waals surface area contributed by atoms with Crippen molar-refractivity contribution in [2.75, 3.05) is 44.2 Å². The standard InChI is InChI=1S/C25H17F5N4O.C25H20F2N4O.C25H21IN4O.C24H20N4O/c26-20-16(21(27)23(29)24(30)22(20)28)11-19(35)34-25-17(10-13-4-2-1-3-5-13)33-18(12-32-25)14-6-8-15(31)9-7-14;26-20-11-6-17(12-21(20)27)14-24(32)31-25-22(13-16-4-2-1-3-5-16)30-23(15-29-25)18-7-9-19(28)10-8-18;26-20-10-6-18(7-11-20)15-24(31)30-25-22(14-17-4-2-1-3-5-17)29-23(16-28-25)19-8-12-21(27)13-9-19;25-20-13-11-18(12-14-20)22-16-26-23(28-24(29)19-9-5-2-6-10-19)21(27-22)15-17-7-3-1-4-8-17/h1-9,12H,10-11,31H2,(H,32,34,35);1-12,15H,13-14,28H2,(H,29,31,32);1-13,16H,14-15,27H2,(H,28,30,31);1-14,16H,15,25H2,(H,26,28,29). The molecule has 0 bridgehead atoms. The lowest BCUT2D eigenvalue weighted by Crippen LogP contribution is -2.20. The number of aromatic nitrogens is 8. The summed E-state index contributed by atoms with van der Waals surface area (Å²) in [4.78, 5) is 87.0. The van der Waals surface area contributed by atoms with Gasteiger partial charge in [0.25, 0.3) is 5.91 Å². The van der Waals surface area contributed by atoms with Crippen molar-refractivity contribution in [2.24, 2.45) is 0 Å². The van der Waals surface area contributed by atoms with Crippen LogP contribution >= 0.6 is 22.6 Å². The lowest BCUT2D eigenvalue weighted by molar-refractivity contribution is -0.116. The van der Waals surface area contributed by atoms with E-state index in [1.165, 1.54) is 12.3 Å². The van der Waals surface area contributed by atoms with Crippen LogP contribution in [-0.4, -0.2) is 63.5 Å². The second kappa shape index (κ2) is 42.9. The van der Waals surface area contributed by atoms with Crippen molar-refractivity contribution in [1.82, 2.24) is 39.9 Å². The van der Waals surface area contributed by atoms with Gasteiger partial charge in [0.2, 0.25) is 23.5 Å². The maximum Gasteiger partial charge on any atom is 0.256 e. The minimum absolute atomic E-state index is 0.0121. The first-order valence-corrected chi connectivity index (χ1v) is 40.5. The van der Waals surface area contributed by atoms with E-state index < -0.39 is 64.5 Å². The normalized spacial score (nSPS) is 10.7. The molecule has 28 heteroatoms. The number of benzene rings is 12. The van der Waals surface area contributed by atoms with Crippen molar-refractivity contribution < 1.29 is 49.9 Å². The molecule has 16 aromatic rings. The van der Waals surface area contributed by atoms with Gasteiger partial charge in [0, 0.05) is 85.4 Å². The first-order valence-electron chi connectivity index (χ1n) is 39.5. The molecule has 0 atom stereocenters. The molecular weight excluding hydrogens is 1740 g/mol. The molecule has 4 aromatic heterocycles. The Morgan fingerprint density at radius 2 is 0.559 bits per heavy atom. The van der Waals surface area contributed by atoms with E-state index in [2.05, 4.69) is 68.8 Å². The zero-order chi connectivity index (χ0) is 89.3. The van der Waals surface area contributed by atoms with E-state index in [9.17, 15) is 49.9 Å². The highest BCUT2D eigenvalue weighted by Gasteiger charge is 2.28. The van der Waals surface area contributed by atoms with Gasteiger partial charge >= 0.3 is 0 Å². The molecule has 634 valence electrons. The van der Waals surface area contributed by atoms with Gasteiger partial charge in [0.05, 0.1) is 89.6 Å². The Morgan fingerprint density at radius 1 is 0.283 bits per heavy atom. The van der Waals surface area contributed by atoms with Crippen molar-refractivity contribution in [1.29, 1.82) is 0 Å². The number of nitrogens with one attached hydrogen (secondary N) is 4. The van der Waals surface area contributed by atoms with Crippen LogP contribution in [0.5, 0.6) is 0 Å². The predicted molar refractivity (Wildman–Crippen MR) is 488 cm³/mol. The fourth-order valence-corrected chi connectivity index (χ4v) is 13.2. The van der Waals surface area contributed by atoms with Gasteiger partial charge in [-0.2, -0.15) is 0 Å². The Balaban J connectivity index is 0.000000145. The minimum atomic E-state index is -2.29. The van der Waals surface area contributed by atoms with Gasteiger partial charge in [-0.3, -0.25) is 19.2 Å². The number of nitrogens with zero attached hydrogens (tertiary/aromatic N) is 8. The van der Waals surface area contributed by atoms with E-state index in [0.29, 0.717) is 105 Å². The van der Waals surface area contributed by atoms with Crippen molar-refractivity contribution in [2.45, 2.75) is 44.9 Å². The smallest absolute Gasteiger partial charge is 0.256 e. The number of amides is 4. The van der Waals surface area contributed by atoms with Crippen molar-refractivity contribution in [3.05, 3.63) is 428 Å². The molecule has 12 aromatic carbocycles. The van der Waals surface area contributed by atoms with E-state index in [1.54, 1.807) is 67.1 Å². The first-order chi connectivity index (χ1) is 61.5. The van der Waals surface area contributed by atoms with Crippen LogP contribution in [0.15, 0.2) is 316 Å². The van der Waals surface area contributed by atoms with Gasteiger partial charge in [-0.05, 0) is 141 Å². The van der Waals surface area contributed by atoms with Gasteiger partial charge in [0.1, 0.15) is 0 Å². The molecule has 0 aliphatic rings. The highest BCUT2D eigenvalue weighted by Crippen LogP contribution is 2.31. The fourth-order valence-electron chi connectivity index (χ4n) is 12.8. The summed E-state index contributed by atoms with van der Waals surface area (Å²) in [7, 11) is 0. The lowest BCUT2D eigenvalue weighted by atomic mass is 10.1. The third kappa shape index (κ3) is 25.0. The summed E-state index contributed by atoms with van der Waals surface area (Å²) in [5.74, 6) is -13.1. The molecule has 16 rings (SSSR count). The van der Waals surface area contributed by atoms with Crippen LogP contribution in [-0.2, 0) is 59.3 Å². The molecule has 0 aliphatic carbocycles. The molecule has 4 amide bonds. The number of hydrogen-bond acceptors (Lipinski definition) is 16. The molecule has 0 aliphatic heterocycles. The van der Waals surface area contributed by atoms with Gasteiger partial charge in [-0.15, -0.1) is 0 Å². The van der Waals surface area contributed by atoms with E-state index in [1.807, 2.05) is 224 Å². The molecule has 4 heterocycles. The van der Waals surface area contributed by atoms with Crippen LogP contribution in [0.3, 0.4) is 0 Å². The SMILES string of the molecule is Nc1ccc(-c2cnc(NC(=O)Cc3c(F)c(F)c(F)c(F)c3F)c(Cc3ccccc3)n2)cc1.Nc1ccc(-c2cnc(NC(=O)Cc3ccc(F)c(F)c3)c(Cc3ccccc3)n2)cc1.Nc1ccc(-c2cnc(NC(=O)Cc3ccc(I)cc3)c(Cc3ccccc3)n2)cc1.Nc1ccc(-c2cnc(NC(=O)c3ccccc3)c(Cc3ccccc3)n2)cc1. The first kappa shape index (κ1) is 89.0. The number of carbonyl (C=O) groups is 4. The molecule has 0 fully saturated rings. The predicted octanol–water partition coefficient (Wildman–Crippen LogP) is 19.6.